The molecule has 2 aromatic carbocycles. The normalized spacial score (nSPS) is 17.8. The van der Waals surface area contributed by atoms with E-state index in [0.29, 0.717) is 47.1 Å². The van der Waals surface area contributed by atoms with Crippen molar-refractivity contribution in [2.45, 2.75) is 51.8 Å². The van der Waals surface area contributed by atoms with Crippen LogP contribution in [0.25, 0.3) is 0 Å². The largest absolute Gasteiger partial charge is 0.496 e. The summed E-state index contributed by atoms with van der Waals surface area (Å²) in [5.41, 5.74) is 10.1. The smallest absolute Gasteiger partial charge is 0.335 e. The molecule has 10 heteroatoms. The van der Waals surface area contributed by atoms with Gasteiger partial charge in [-0.3, -0.25) is 9.69 Å². The van der Waals surface area contributed by atoms with Crippen molar-refractivity contribution in [3.63, 3.8) is 0 Å². The van der Waals surface area contributed by atoms with Gasteiger partial charge in [-0.15, -0.1) is 0 Å². The summed E-state index contributed by atoms with van der Waals surface area (Å²) in [6, 6.07) is 6.56. The van der Waals surface area contributed by atoms with Gasteiger partial charge in [-0.1, -0.05) is 31.5 Å². The lowest BCUT2D eigenvalue weighted by molar-refractivity contribution is 0.00677. The van der Waals surface area contributed by atoms with Crippen LogP contribution in [0, 0.1) is 0 Å². The molecule has 2 aromatic rings. The summed E-state index contributed by atoms with van der Waals surface area (Å²) in [7, 11) is 3.14. The number of ether oxygens (including phenoxy) is 2. The highest BCUT2D eigenvalue weighted by atomic mass is 35.5. The molecule has 1 heterocycles. The van der Waals surface area contributed by atoms with E-state index in [0.717, 1.165) is 49.2 Å². The molecule has 38 heavy (non-hydrogen) atoms. The SMILES string of the molecule is CCc1c(CNCCN2CC[C@@H](NC(=O)c3cc(Cl)c(N)cc3OC)[C@@H](OC)C2)ccc(C(=O)O)c1CC. The number of methoxy groups -OCH3 is 2. The van der Waals surface area contributed by atoms with E-state index >= 15 is 0 Å². The molecule has 0 aromatic heterocycles. The second-order valence-electron chi connectivity index (χ2n) is 9.44. The molecule has 0 aliphatic carbocycles. The number of carbonyl (C=O) groups excluding carboxylic acids is 1. The summed E-state index contributed by atoms with van der Waals surface area (Å²) in [5.74, 6) is -0.783. The minimum absolute atomic E-state index is 0.148. The van der Waals surface area contributed by atoms with Gasteiger partial charge in [0.1, 0.15) is 5.75 Å². The molecule has 0 unspecified atom stereocenters. The van der Waals surface area contributed by atoms with Crippen molar-refractivity contribution in [3.05, 3.63) is 57.1 Å². The molecule has 9 nitrogen and oxygen atoms in total. The number of nitrogens with two attached hydrogens (primary N) is 1. The zero-order valence-electron chi connectivity index (χ0n) is 22.6. The Balaban J connectivity index is 1.54. The lowest BCUT2D eigenvalue weighted by Gasteiger charge is -2.38. The zero-order chi connectivity index (χ0) is 27.8. The summed E-state index contributed by atoms with van der Waals surface area (Å²) < 4.78 is 11.1. The van der Waals surface area contributed by atoms with E-state index < -0.39 is 5.97 Å². The summed E-state index contributed by atoms with van der Waals surface area (Å²) >= 11 is 6.13. The average Bonchev–Trinajstić information content (AvgIpc) is 2.91. The Bertz CT molecular complexity index is 1140. The number of carboxylic acid groups (broad SMARTS) is 1. The number of hydrogen-bond donors (Lipinski definition) is 4. The lowest BCUT2D eigenvalue weighted by atomic mass is 9.92. The first-order valence-electron chi connectivity index (χ1n) is 13.0. The Morgan fingerprint density at radius 1 is 1.16 bits per heavy atom. The van der Waals surface area contributed by atoms with Crippen molar-refractivity contribution in [1.29, 1.82) is 0 Å². The molecular weight excluding hydrogens is 508 g/mol. The van der Waals surface area contributed by atoms with Crippen LogP contribution in [0.1, 0.15) is 57.7 Å². The zero-order valence-corrected chi connectivity index (χ0v) is 23.4. The molecule has 0 spiro atoms. The van der Waals surface area contributed by atoms with E-state index in [2.05, 4.69) is 22.5 Å². The molecule has 3 rings (SSSR count). The van der Waals surface area contributed by atoms with Gasteiger partial charge in [0.2, 0.25) is 0 Å². The van der Waals surface area contributed by atoms with Gasteiger partial charge in [0.05, 0.1) is 41.1 Å². The Morgan fingerprint density at radius 2 is 1.89 bits per heavy atom. The van der Waals surface area contributed by atoms with Crippen molar-refractivity contribution in [2.24, 2.45) is 0 Å². The second kappa shape index (κ2) is 13.8. The minimum Gasteiger partial charge on any atom is -0.496 e. The van der Waals surface area contributed by atoms with E-state index in [1.807, 2.05) is 13.0 Å². The first-order valence-corrected chi connectivity index (χ1v) is 13.4. The standard InChI is InChI=1S/C28H39ClN4O5/c1-5-18-17(7-8-20(28(35)36)19(18)6-2)15-31-10-12-33-11-9-24(26(16-33)38-4)32-27(34)21-13-22(29)23(30)14-25(21)37-3/h7-8,13-14,24,26,31H,5-6,9-12,15-16,30H2,1-4H3,(H,32,34)(H,35,36)/t24-,26+/m1/s1. The van der Waals surface area contributed by atoms with Gasteiger partial charge in [0, 0.05) is 45.9 Å². The van der Waals surface area contributed by atoms with Gasteiger partial charge in [0.25, 0.3) is 5.91 Å². The number of likely N-dealkylation sites (tertiary alicyclic amines) is 1. The molecule has 0 radical (unpaired) electrons. The molecule has 1 fully saturated rings. The number of benzene rings is 2. The third-order valence-electron chi connectivity index (χ3n) is 7.21. The number of anilines is 1. The average molecular weight is 547 g/mol. The van der Waals surface area contributed by atoms with Crippen LogP contribution in [-0.2, 0) is 24.1 Å². The monoisotopic (exact) mass is 546 g/mol. The lowest BCUT2D eigenvalue weighted by Crippen LogP contribution is -2.55. The van der Waals surface area contributed by atoms with Crippen molar-refractivity contribution in [1.82, 2.24) is 15.5 Å². The van der Waals surface area contributed by atoms with Crippen LogP contribution in [0.2, 0.25) is 5.02 Å². The number of carbonyl (C=O) groups is 2. The maximum Gasteiger partial charge on any atom is 0.335 e. The number of hydrogen-bond acceptors (Lipinski definition) is 7. The third-order valence-corrected chi connectivity index (χ3v) is 7.54. The van der Waals surface area contributed by atoms with E-state index in [1.54, 1.807) is 19.2 Å². The molecular formula is C28H39ClN4O5. The van der Waals surface area contributed by atoms with Crippen molar-refractivity contribution in [3.8, 4) is 5.75 Å². The molecule has 0 saturated carbocycles. The Morgan fingerprint density at radius 3 is 2.53 bits per heavy atom. The van der Waals surface area contributed by atoms with Gasteiger partial charge in [-0.25, -0.2) is 4.79 Å². The number of nitrogens with one attached hydrogen (secondary N) is 2. The molecule has 1 saturated heterocycles. The van der Waals surface area contributed by atoms with Crippen molar-refractivity contribution >= 4 is 29.2 Å². The van der Waals surface area contributed by atoms with Crippen molar-refractivity contribution < 1.29 is 24.2 Å². The number of nitrogens with zero attached hydrogens (tertiary/aromatic N) is 1. The predicted molar refractivity (Wildman–Crippen MR) is 149 cm³/mol. The fourth-order valence-electron chi connectivity index (χ4n) is 5.16. The number of halogens is 1. The Labute approximate surface area is 229 Å². The van der Waals surface area contributed by atoms with Gasteiger partial charge in [-0.2, -0.15) is 0 Å². The fraction of sp³-hybridized carbons (Fsp3) is 0.500. The minimum atomic E-state index is -0.875. The molecule has 5 N–H and O–H groups in total. The number of carboxylic acids is 1. The van der Waals surface area contributed by atoms with Crippen molar-refractivity contribution in [2.75, 3.05) is 46.1 Å². The Hall–Kier alpha value is -2.85. The van der Waals surface area contributed by atoms with Crippen LogP contribution in [0.15, 0.2) is 24.3 Å². The number of amides is 1. The quantitative estimate of drug-likeness (QED) is 0.236. The summed E-state index contributed by atoms with van der Waals surface area (Å²) in [6.07, 6.45) is 2.07. The van der Waals surface area contributed by atoms with Crippen LogP contribution in [0.4, 0.5) is 5.69 Å². The molecule has 1 aliphatic rings. The van der Waals surface area contributed by atoms with Crippen LogP contribution >= 0.6 is 11.6 Å². The molecule has 1 amide bonds. The highest BCUT2D eigenvalue weighted by molar-refractivity contribution is 6.33. The van der Waals surface area contributed by atoms with Crippen LogP contribution < -0.4 is 21.1 Å². The fourth-order valence-corrected chi connectivity index (χ4v) is 5.32. The summed E-state index contributed by atoms with van der Waals surface area (Å²) in [5, 5.41) is 16.4. The Kier molecular flexibility index (Phi) is 10.8. The van der Waals surface area contributed by atoms with E-state index in [-0.39, 0.29) is 18.1 Å². The molecule has 208 valence electrons. The summed E-state index contributed by atoms with van der Waals surface area (Å²) in [4.78, 5) is 26.9. The van der Waals surface area contributed by atoms with E-state index in [1.165, 1.54) is 13.2 Å². The highest BCUT2D eigenvalue weighted by Gasteiger charge is 2.31. The first-order chi connectivity index (χ1) is 18.2. The van der Waals surface area contributed by atoms with Gasteiger partial charge < -0.3 is 30.9 Å². The molecule has 2 atom stereocenters. The van der Waals surface area contributed by atoms with Gasteiger partial charge >= 0.3 is 5.97 Å². The van der Waals surface area contributed by atoms with Gasteiger partial charge in [0.15, 0.2) is 0 Å². The number of rotatable bonds is 12. The number of piperidine rings is 1. The van der Waals surface area contributed by atoms with Gasteiger partial charge in [-0.05, 0) is 48.1 Å². The van der Waals surface area contributed by atoms with E-state index in [9.17, 15) is 14.7 Å². The second-order valence-corrected chi connectivity index (χ2v) is 9.84. The third kappa shape index (κ3) is 6.96. The molecule has 1 aliphatic heterocycles. The summed E-state index contributed by atoms with van der Waals surface area (Å²) in [6.45, 7) is 7.86. The maximum atomic E-state index is 13.0. The molecule has 0 bridgehead atoms. The highest BCUT2D eigenvalue weighted by Crippen LogP contribution is 2.29. The topological polar surface area (TPSA) is 126 Å². The van der Waals surface area contributed by atoms with E-state index in [4.69, 9.17) is 26.8 Å². The maximum absolute atomic E-state index is 13.0. The van der Waals surface area contributed by atoms with Crippen LogP contribution in [-0.4, -0.2) is 74.4 Å². The number of aromatic carboxylic acids is 1. The first kappa shape index (κ1) is 29.7. The van der Waals surface area contributed by atoms with Crippen LogP contribution in [0.3, 0.4) is 0 Å². The predicted octanol–water partition coefficient (Wildman–Crippen LogP) is 3.36. The number of nitrogen functional groups attached to an aromatic ring is 1. The van der Waals surface area contributed by atoms with Crippen LogP contribution in [0.5, 0.6) is 5.75 Å².